The van der Waals surface area contributed by atoms with Crippen molar-refractivity contribution in [2.45, 2.75) is 44.6 Å². The monoisotopic (exact) mass is 457 g/mol. The van der Waals surface area contributed by atoms with Gasteiger partial charge in [0.15, 0.2) is 0 Å². The van der Waals surface area contributed by atoms with Crippen LogP contribution < -0.4 is 10.9 Å². The summed E-state index contributed by atoms with van der Waals surface area (Å²) < 4.78 is 17.0. The lowest BCUT2D eigenvalue weighted by Crippen LogP contribution is -2.26. The molecule has 1 saturated carbocycles. The van der Waals surface area contributed by atoms with E-state index in [-0.39, 0.29) is 23.3 Å². The fraction of sp³-hybridized carbons (Fsp3) is 0.286. The summed E-state index contributed by atoms with van der Waals surface area (Å²) in [5.74, 6) is -0.498. The molecule has 1 fully saturated rings. The van der Waals surface area contributed by atoms with Crippen molar-refractivity contribution in [3.8, 4) is 5.69 Å². The Bertz CT molecular complexity index is 1350. The van der Waals surface area contributed by atoms with Gasteiger partial charge in [0.1, 0.15) is 5.82 Å². The molecule has 1 aliphatic carbocycles. The number of hydrogen-bond acceptors (Lipinski definition) is 2. The van der Waals surface area contributed by atoms with Crippen LogP contribution in [0, 0.1) is 5.82 Å². The number of hydrogen-bond donors (Lipinski definition) is 1. The van der Waals surface area contributed by atoms with Crippen LogP contribution >= 0.6 is 0 Å². The number of halogens is 1. The van der Waals surface area contributed by atoms with Gasteiger partial charge in [0.05, 0.1) is 22.6 Å². The largest absolute Gasteiger partial charge is 0.352 e. The van der Waals surface area contributed by atoms with Crippen LogP contribution in [-0.4, -0.2) is 21.8 Å². The molecule has 3 aromatic carbocycles. The molecule has 174 valence electrons. The molecule has 1 aliphatic rings. The zero-order valence-corrected chi connectivity index (χ0v) is 19.0. The Balaban J connectivity index is 1.45. The lowest BCUT2D eigenvalue weighted by molar-refractivity contribution is 0.0954. The average Bonchev–Trinajstić information content (AvgIpc) is 3.18. The maximum absolute atomic E-state index is 13.6. The third-order valence-corrected chi connectivity index (χ3v) is 6.68. The Morgan fingerprint density at radius 1 is 0.941 bits per heavy atom. The van der Waals surface area contributed by atoms with Crippen molar-refractivity contribution in [3.05, 3.63) is 100 Å². The van der Waals surface area contributed by atoms with Gasteiger partial charge >= 0.3 is 0 Å². The maximum Gasteiger partial charge on any atom is 0.279 e. The van der Waals surface area contributed by atoms with Crippen LogP contribution in [0.4, 0.5) is 4.39 Å². The molecule has 1 N–H and O–H groups in total. The molecule has 0 unspecified atom stereocenters. The van der Waals surface area contributed by atoms with Crippen LogP contribution in [-0.2, 0) is 6.42 Å². The van der Waals surface area contributed by atoms with Gasteiger partial charge in [-0.2, -0.15) is 0 Å². The number of amides is 1. The van der Waals surface area contributed by atoms with Gasteiger partial charge in [0.25, 0.3) is 11.5 Å². The average molecular weight is 458 g/mol. The fourth-order valence-corrected chi connectivity index (χ4v) is 4.94. The van der Waals surface area contributed by atoms with E-state index < -0.39 is 0 Å². The molecular weight excluding hydrogens is 429 g/mol. The molecule has 0 saturated heterocycles. The smallest absolute Gasteiger partial charge is 0.279 e. The van der Waals surface area contributed by atoms with E-state index in [1.165, 1.54) is 18.6 Å². The van der Waals surface area contributed by atoms with Crippen molar-refractivity contribution < 1.29 is 9.18 Å². The molecule has 34 heavy (non-hydrogen) atoms. The van der Waals surface area contributed by atoms with E-state index in [2.05, 4.69) is 10.00 Å². The van der Waals surface area contributed by atoms with Crippen molar-refractivity contribution in [1.29, 1.82) is 0 Å². The number of para-hydroxylation sites is 1. The molecular formula is C28H28FN3O2. The van der Waals surface area contributed by atoms with Crippen molar-refractivity contribution in [2.75, 3.05) is 6.54 Å². The third kappa shape index (κ3) is 4.40. The van der Waals surface area contributed by atoms with E-state index in [0.29, 0.717) is 23.9 Å². The second-order valence-corrected chi connectivity index (χ2v) is 8.95. The van der Waals surface area contributed by atoms with Crippen molar-refractivity contribution >= 4 is 16.8 Å². The van der Waals surface area contributed by atoms with Gasteiger partial charge in [-0.1, -0.05) is 49.6 Å². The van der Waals surface area contributed by atoms with Crippen LogP contribution in [0.15, 0.2) is 77.6 Å². The highest BCUT2D eigenvalue weighted by Crippen LogP contribution is 2.31. The lowest BCUT2D eigenvalue weighted by Gasteiger charge is -2.26. The van der Waals surface area contributed by atoms with Gasteiger partial charge in [0, 0.05) is 12.1 Å². The van der Waals surface area contributed by atoms with Gasteiger partial charge in [-0.15, -0.1) is 0 Å². The van der Waals surface area contributed by atoms with Crippen molar-refractivity contribution in [2.24, 2.45) is 0 Å². The van der Waals surface area contributed by atoms with E-state index in [4.69, 9.17) is 0 Å². The standard InChI is InChI=1S/C28H28FN3O2/c29-22-14-11-20(12-15-22)17-18-30-27(33)21-13-16-26-25(19-21)28(34)32(24-9-5-2-6-10-24)31(26)23-7-3-1-4-8-23/h2,5-6,9-16,19,23H,1,3-4,7-8,17-18H2,(H,30,33). The van der Waals surface area contributed by atoms with Gasteiger partial charge in [0.2, 0.25) is 0 Å². The van der Waals surface area contributed by atoms with E-state index in [0.717, 1.165) is 42.5 Å². The molecule has 5 nitrogen and oxygen atoms in total. The van der Waals surface area contributed by atoms with E-state index in [1.807, 2.05) is 36.4 Å². The molecule has 0 atom stereocenters. The number of aromatic nitrogens is 2. The zero-order valence-electron chi connectivity index (χ0n) is 19.0. The zero-order chi connectivity index (χ0) is 23.5. The third-order valence-electron chi connectivity index (χ3n) is 6.68. The number of rotatable bonds is 6. The highest BCUT2D eigenvalue weighted by atomic mass is 19.1. The molecule has 5 rings (SSSR count). The summed E-state index contributed by atoms with van der Waals surface area (Å²) in [4.78, 5) is 26.4. The Morgan fingerprint density at radius 2 is 1.68 bits per heavy atom. The summed E-state index contributed by atoms with van der Waals surface area (Å²) in [6.45, 7) is 0.430. The first-order valence-corrected chi connectivity index (χ1v) is 12.0. The summed E-state index contributed by atoms with van der Waals surface area (Å²) in [7, 11) is 0. The topological polar surface area (TPSA) is 56.0 Å². The van der Waals surface area contributed by atoms with Crippen molar-refractivity contribution in [1.82, 2.24) is 14.7 Å². The molecule has 0 spiro atoms. The van der Waals surface area contributed by atoms with Gasteiger partial charge < -0.3 is 5.32 Å². The first kappa shape index (κ1) is 22.1. The van der Waals surface area contributed by atoms with Gasteiger partial charge in [-0.25, -0.2) is 9.07 Å². The molecule has 6 heteroatoms. The lowest BCUT2D eigenvalue weighted by atomic mass is 9.95. The SMILES string of the molecule is O=C(NCCc1ccc(F)cc1)c1ccc2c(c1)c(=O)n(-c1ccccc1)n2C1CCCCC1. The quantitative estimate of drug-likeness (QED) is 0.421. The molecule has 1 heterocycles. The number of fused-ring (bicyclic) bond motifs is 1. The second-order valence-electron chi connectivity index (χ2n) is 8.95. The van der Waals surface area contributed by atoms with Gasteiger partial charge in [-0.3, -0.25) is 14.3 Å². The summed E-state index contributed by atoms with van der Waals surface area (Å²) >= 11 is 0. The minimum Gasteiger partial charge on any atom is -0.352 e. The minimum atomic E-state index is -0.276. The predicted octanol–water partition coefficient (Wildman–Crippen LogP) is 5.41. The number of nitrogens with one attached hydrogen (secondary N) is 1. The van der Waals surface area contributed by atoms with Gasteiger partial charge in [-0.05, 0) is 67.3 Å². The fourth-order valence-electron chi connectivity index (χ4n) is 4.94. The number of benzene rings is 3. The first-order valence-electron chi connectivity index (χ1n) is 12.0. The number of carbonyl (C=O) groups excluding carboxylic acids is 1. The summed E-state index contributed by atoms with van der Waals surface area (Å²) in [6.07, 6.45) is 6.23. The Labute approximate surface area is 197 Å². The number of nitrogens with zero attached hydrogens (tertiary/aromatic N) is 2. The van der Waals surface area contributed by atoms with Crippen LogP contribution in [0.3, 0.4) is 0 Å². The Hall–Kier alpha value is -3.67. The van der Waals surface area contributed by atoms with Crippen LogP contribution in [0.1, 0.15) is 54.1 Å². The molecule has 0 aliphatic heterocycles. The number of carbonyl (C=O) groups is 1. The second kappa shape index (κ2) is 9.67. The van der Waals surface area contributed by atoms with Crippen molar-refractivity contribution in [3.63, 3.8) is 0 Å². The van der Waals surface area contributed by atoms with E-state index in [1.54, 1.807) is 28.9 Å². The molecule has 1 amide bonds. The van der Waals surface area contributed by atoms with Crippen LogP contribution in [0.25, 0.3) is 16.6 Å². The first-order chi connectivity index (χ1) is 16.6. The Kier molecular flexibility index (Phi) is 6.30. The predicted molar refractivity (Wildman–Crippen MR) is 132 cm³/mol. The highest BCUT2D eigenvalue weighted by Gasteiger charge is 2.24. The maximum atomic E-state index is 13.6. The molecule has 0 radical (unpaired) electrons. The molecule has 1 aromatic heterocycles. The summed E-state index contributed by atoms with van der Waals surface area (Å²) in [6, 6.07) is 21.6. The van der Waals surface area contributed by atoms with Crippen LogP contribution in [0.5, 0.6) is 0 Å². The van der Waals surface area contributed by atoms with Crippen LogP contribution in [0.2, 0.25) is 0 Å². The highest BCUT2D eigenvalue weighted by molar-refractivity contribution is 5.98. The van der Waals surface area contributed by atoms with E-state index >= 15 is 0 Å². The summed E-state index contributed by atoms with van der Waals surface area (Å²) in [5.41, 5.74) is 3.01. The summed E-state index contributed by atoms with van der Waals surface area (Å²) in [5, 5.41) is 3.47. The normalized spacial score (nSPS) is 14.4. The Morgan fingerprint density at radius 3 is 2.41 bits per heavy atom. The molecule has 4 aromatic rings. The van der Waals surface area contributed by atoms with E-state index in [9.17, 15) is 14.0 Å². The minimum absolute atomic E-state index is 0.104. The molecule has 0 bridgehead atoms.